The maximum Gasteiger partial charge on any atom is 0.407 e. The molecule has 0 radical (unpaired) electrons. The first-order valence-corrected chi connectivity index (χ1v) is 5.45. The van der Waals surface area contributed by atoms with Gasteiger partial charge < -0.3 is 15.8 Å². The topological polar surface area (TPSA) is 64.3 Å². The fraction of sp³-hybridized carbons (Fsp3) is 0.909. The lowest BCUT2D eigenvalue weighted by Gasteiger charge is -2.20. The van der Waals surface area contributed by atoms with Crippen LogP contribution in [0.25, 0.3) is 0 Å². The molecule has 0 aliphatic rings. The van der Waals surface area contributed by atoms with Crippen molar-refractivity contribution in [3.8, 4) is 0 Å². The highest BCUT2D eigenvalue weighted by atomic mass is 16.6. The van der Waals surface area contributed by atoms with Crippen molar-refractivity contribution in [1.29, 1.82) is 0 Å². The molecular weight excluding hydrogens is 192 g/mol. The summed E-state index contributed by atoms with van der Waals surface area (Å²) in [6.45, 7) is 10.2. The van der Waals surface area contributed by atoms with Crippen molar-refractivity contribution in [3.63, 3.8) is 0 Å². The van der Waals surface area contributed by atoms with Crippen molar-refractivity contribution in [2.24, 2.45) is 11.7 Å². The quantitative estimate of drug-likeness (QED) is 0.754. The third kappa shape index (κ3) is 8.24. The molecule has 1 unspecified atom stereocenters. The van der Waals surface area contributed by atoms with Crippen LogP contribution in [0.15, 0.2) is 0 Å². The zero-order valence-corrected chi connectivity index (χ0v) is 10.5. The number of alkyl carbamates (subject to hydrolysis) is 1. The van der Waals surface area contributed by atoms with Crippen LogP contribution in [0.1, 0.15) is 41.0 Å². The molecule has 0 aliphatic heterocycles. The highest BCUT2D eigenvalue weighted by Crippen LogP contribution is 2.07. The third-order valence-electron chi connectivity index (χ3n) is 2.17. The van der Waals surface area contributed by atoms with E-state index in [0.717, 1.165) is 6.42 Å². The van der Waals surface area contributed by atoms with Crippen LogP contribution in [0, 0.1) is 5.92 Å². The number of nitrogens with one attached hydrogen (secondary N) is 1. The standard InChI is InChI=1S/C11H24N2O2/c1-8(9(2)12)6-7-13-10(14)15-11(3,4)5/h8-9H,6-7,12H2,1-5H3,(H,13,14)/t8-,9?/m1/s1. The summed E-state index contributed by atoms with van der Waals surface area (Å²) in [5.74, 6) is 0.403. The van der Waals surface area contributed by atoms with Crippen molar-refractivity contribution in [1.82, 2.24) is 5.32 Å². The van der Waals surface area contributed by atoms with Gasteiger partial charge in [-0.05, 0) is 40.0 Å². The molecule has 3 N–H and O–H groups in total. The Hall–Kier alpha value is -0.770. The van der Waals surface area contributed by atoms with Crippen molar-refractivity contribution >= 4 is 6.09 Å². The minimum Gasteiger partial charge on any atom is -0.444 e. The van der Waals surface area contributed by atoms with Crippen LogP contribution in [0.5, 0.6) is 0 Å². The Morgan fingerprint density at radius 1 is 1.40 bits per heavy atom. The highest BCUT2D eigenvalue weighted by Gasteiger charge is 2.16. The maximum absolute atomic E-state index is 11.2. The second kappa shape index (κ2) is 5.95. The van der Waals surface area contributed by atoms with Gasteiger partial charge in [-0.25, -0.2) is 4.79 Å². The fourth-order valence-electron chi connectivity index (χ4n) is 0.979. The molecule has 0 aromatic heterocycles. The van der Waals surface area contributed by atoms with E-state index < -0.39 is 5.60 Å². The van der Waals surface area contributed by atoms with Gasteiger partial charge in [0.15, 0.2) is 0 Å². The Labute approximate surface area is 92.6 Å². The number of nitrogens with two attached hydrogens (primary N) is 1. The molecule has 0 aliphatic carbocycles. The number of rotatable bonds is 4. The van der Waals surface area contributed by atoms with Crippen LogP contribution in [0.2, 0.25) is 0 Å². The van der Waals surface area contributed by atoms with Crippen molar-refractivity contribution in [2.75, 3.05) is 6.54 Å². The number of carbonyl (C=O) groups is 1. The summed E-state index contributed by atoms with van der Waals surface area (Å²) < 4.78 is 5.10. The van der Waals surface area contributed by atoms with Crippen LogP contribution in [-0.4, -0.2) is 24.3 Å². The van der Waals surface area contributed by atoms with Crippen LogP contribution in [0.4, 0.5) is 4.79 Å². The molecule has 0 rings (SSSR count). The summed E-state index contributed by atoms with van der Waals surface area (Å²) in [5.41, 5.74) is 5.28. The molecule has 1 amide bonds. The van der Waals surface area contributed by atoms with Gasteiger partial charge in [-0.3, -0.25) is 0 Å². The number of carbonyl (C=O) groups excluding carboxylic acids is 1. The van der Waals surface area contributed by atoms with Crippen molar-refractivity contribution in [2.45, 2.75) is 52.7 Å². The summed E-state index contributed by atoms with van der Waals surface area (Å²) >= 11 is 0. The van der Waals surface area contributed by atoms with Gasteiger partial charge in [0.05, 0.1) is 0 Å². The van der Waals surface area contributed by atoms with E-state index in [1.54, 1.807) is 0 Å². The Morgan fingerprint density at radius 3 is 2.33 bits per heavy atom. The van der Waals surface area contributed by atoms with E-state index in [4.69, 9.17) is 10.5 Å². The molecule has 0 spiro atoms. The van der Waals surface area contributed by atoms with Gasteiger partial charge in [-0.2, -0.15) is 0 Å². The molecule has 4 nitrogen and oxygen atoms in total. The lowest BCUT2D eigenvalue weighted by Crippen LogP contribution is -2.34. The first-order chi connectivity index (χ1) is 6.72. The lowest BCUT2D eigenvalue weighted by molar-refractivity contribution is 0.0525. The number of hydrogen-bond acceptors (Lipinski definition) is 3. The molecule has 4 heteroatoms. The van der Waals surface area contributed by atoms with Crippen LogP contribution in [0.3, 0.4) is 0 Å². The molecule has 0 saturated carbocycles. The average molecular weight is 216 g/mol. The van der Waals surface area contributed by atoms with Crippen LogP contribution in [-0.2, 0) is 4.74 Å². The molecule has 2 atom stereocenters. The van der Waals surface area contributed by atoms with E-state index in [2.05, 4.69) is 12.2 Å². The zero-order chi connectivity index (χ0) is 12.1. The monoisotopic (exact) mass is 216 g/mol. The Balaban J connectivity index is 3.65. The first-order valence-electron chi connectivity index (χ1n) is 5.45. The molecule has 0 aromatic carbocycles. The predicted octanol–water partition coefficient (Wildman–Crippen LogP) is 1.88. The Kier molecular flexibility index (Phi) is 5.65. The van der Waals surface area contributed by atoms with Gasteiger partial charge >= 0.3 is 6.09 Å². The van der Waals surface area contributed by atoms with E-state index in [1.807, 2.05) is 27.7 Å². The van der Waals surface area contributed by atoms with E-state index in [0.29, 0.717) is 12.5 Å². The van der Waals surface area contributed by atoms with Gasteiger partial charge in [0.25, 0.3) is 0 Å². The largest absolute Gasteiger partial charge is 0.444 e. The fourth-order valence-corrected chi connectivity index (χ4v) is 0.979. The van der Waals surface area contributed by atoms with E-state index in [-0.39, 0.29) is 12.1 Å². The molecule has 0 heterocycles. The van der Waals surface area contributed by atoms with Gasteiger partial charge in [0, 0.05) is 12.6 Å². The minimum absolute atomic E-state index is 0.158. The van der Waals surface area contributed by atoms with Gasteiger partial charge in [-0.1, -0.05) is 6.92 Å². The zero-order valence-electron chi connectivity index (χ0n) is 10.5. The van der Waals surface area contributed by atoms with Crippen molar-refractivity contribution < 1.29 is 9.53 Å². The number of ether oxygens (including phenoxy) is 1. The molecule has 90 valence electrons. The molecule has 0 fully saturated rings. The normalized spacial score (nSPS) is 15.6. The Morgan fingerprint density at radius 2 is 1.93 bits per heavy atom. The molecule has 0 saturated heterocycles. The number of hydrogen-bond donors (Lipinski definition) is 2. The van der Waals surface area contributed by atoms with E-state index >= 15 is 0 Å². The summed E-state index contributed by atoms with van der Waals surface area (Å²) in [5, 5.41) is 2.71. The molecule has 0 bridgehead atoms. The van der Waals surface area contributed by atoms with Gasteiger partial charge in [0.1, 0.15) is 5.60 Å². The second-order valence-electron chi connectivity index (χ2n) is 5.05. The van der Waals surface area contributed by atoms with Crippen molar-refractivity contribution in [3.05, 3.63) is 0 Å². The SMILES string of the molecule is CC(N)[C@H](C)CCNC(=O)OC(C)(C)C. The smallest absolute Gasteiger partial charge is 0.407 e. The van der Waals surface area contributed by atoms with E-state index in [9.17, 15) is 4.79 Å². The van der Waals surface area contributed by atoms with Gasteiger partial charge in [-0.15, -0.1) is 0 Å². The summed E-state index contributed by atoms with van der Waals surface area (Å²) in [7, 11) is 0. The predicted molar refractivity (Wildman–Crippen MR) is 61.7 cm³/mol. The van der Waals surface area contributed by atoms with Crippen LogP contribution >= 0.6 is 0 Å². The first kappa shape index (κ1) is 14.2. The maximum atomic E-state index is 11.2. The lowest BCUT2D eigenvalue weighted by atomic mass is 10.0. The average Bonchev–Trinajstić information content (AvgIpc) is 2.00. The van der Waals surface area contributed by atoms with Gasteiger partial charge in [0.2, 0.25) is 0 Å². The third-order valence-corrected chi connectivity index (χ3v) is 2.17. The summed E-state index contributed by atoms with van der Waals surface area (Å²) in [4.78, 5) is 11.2. The highest BCUT2D eigenvalue weighted by molar-refractivity contribution is 5.67. The van der Waals surface area contributed by atoms with Crippen LogP contribution < -0.4 is 11.1 Å². The minimum atomic E-state index is -0.434. The van der Waals surface area contributed by atoms with E-state index in [1.165, 1.54) is 0 Å². The molecule has 0 aromatic rings. The molecular formula is C11H24N2O2. The second-order valence-corrected chi connectivity index (χ2v) is 5.05. The Bertz CT molecular complexity index is 197. The number of amides is 1. The summed E-state index contributed by atoms with van der Waals surface area (Å²) in [6.07, 6.45) is 0.510. The molecule has 15 heavy (non-hydrogen) atoms. The summed E-state index contributed by atoms with van der Waals surface area (Å²) in [6, 6.07) is 0.158.